The molecule has 1 heterocycles. The molecule has 0 aliphatic heterocycles. The summed E-state index contributed by atoms with van der Waals surface area (Å²) in [5.41, 5.74) is 1.25. The van der Waals surface area contributed by atoms with E-state index in [0.29, 0.717) is 6.04 Å². The zero-order valence-electron chi connectivity index (χ0n) is 12.5. The maximum Gasteiger partial charge on any atom is 0.0897 e. The van der Waals surface area contributed by atoms with Crippen molar-refractivity contribution < 1.29 is 0 Å². The minimum Gasteiger partial charge on any atom is -0.314 e. The van der Waals surface area contributed by atoms with Gasteiger partial charge in [0.2, 0.25) is 0 Å². The monoisotopic (exact) mass is 280 g/mol. The zero-order valence-corrected chi connectivity index (χ0v) is 13.3. The van der Waals surface area contributed by atoms with Crippen LogP contribution in [0.25, 0.3) is 0 Å². The molecule has 1 N–H and O–H groups in total. The van der Waals surface area contributed by atoms with Gasteiger partial charge in [0.05, 0.1) is 10.7 Å². The highest BCUT2D eigenvalue weighted by atomic mass is 32.1. The molecule has 0 bridgehead atoms. The van der Waals surface area contributed by atoms with Crippen molar-refractivity contribution >= 4 is 11.3 Å². The summed E-state index contributed by atoms with van der Waals surface area (Å²) in [5.74, 6) is 0. The molecule has 0 saturated heterocycles. The van der Waals surface area contributed by atoms with Gasteiger partial charge in [0.15, 0.2) is 0 Å². The lowest BCUT2D eigenvalue weighted by atomic mass is 10.0. The standard InChI is InChI=1S/C16H28N2S/c1-4-6-7-8-9-10-15(17-11-5-2)12-16-13-19-14(3)18-16/h4,13,15,17H,1,5-12H2,2-3H3. The first-order valence-electron chi connectivity index (χ1n) is 7.51. The van der Waals surface area contributed by atoms with Gasteiger partial charge in [0.25, 0.3) is 0 Å². The van der Waals surface area contributed by atoms with Crippen LogP contribution in [0.2, 0.25) is 0 Å². The van der Waals surface area contributed by atoms with Crippen LogP contribution in [-0.2, 0) is 6.42 Å². The van der Waals surface area contributed by atoms with Crippen LogP contribution in [0.5, 0.6) is 0 Å². The number of hydrogen-bond donors (Lipinski definition) is 1. The molecular formula is C16H28N2S. The molecule has 2 nitrogen and oxygen atoms in total. The largest absolute Gasteiger partial charge is 0.314 e. The van der Waals surface area contributed by atoms with Gasteiger partial charge in [0.1, 0.15) is 0 Å². The number of hydrogen-bond acceptors (Lipinski definition) is 3. The second kappa shape index (κ2) is 10.2. The fourth-order valence-corrected chi connectivity index (χ4v) is 2.86. The second-order valence-corrected chi connectivity index (χ2v) is 6.20. The molecule has 0 saturated carbocycles. The Kier molecular flexibility index (Phi) is 8.76. The summed E-state index contributed by atoms with van der Waals surface area (Å²) in [6.45, 7) is 9.19. The number of nitrogens with one attached hydrogen (secondary N) is 1. The normalized spacial score (nSPS) is 12.5. The van der Waals surface area contributed by atoms with Crippen molar-refractivity contribution in [2.45, 2.75) is 64.8 Å². The average Bonchev–Trinajstić information content (AvgIpc) is 2.81. The highest BCUT2D eigenvalue weighted by molar-refractivity contribution is 7.09. The van der Waals surface area contributed by atoms with Crippen molar-refractivity contribution in [3.63, 3.8) is 0 Å². The first kappa shape index (κ1) is 16.4. The van der Waals surface area contributed by atoms with Gasteiger partial charge < -0.3 is 5.32 Å². The van der Waals surface area contributed by atoms with E-state index in [-0.39, 0.29) is 0 Å². The van der Waals surface area contributed by atoms with Crippen LogP contribution >= 0.6 is 11.3 Å². The Morgan fingerprint density at radius 2 is 2.26 bits per heavy atom. The topological polar surface area (TPSA) is 24.9 Å². The number of allylic oxidation sites excluding steroid dienone is 1. The van der Waals surface area contributed by atoms with Crippen molar-refractivity contribution in [3.05, 3.63) is 28.7 Å². The van der Waals surface area contributed by atoms with Crippen LogP contribution in [-0.4, -0.2) is 17.6 Å². The van der Waals surface area contributed by atoms with Crippen molar-refractivity contribution in [2.24, 2.45) is 0 Å². The first-order valence-corrected chi connectivity index (χ1v) is 8.39. The van der Waals surface area contributed by atoms with E-state index in [1.165, 1.54) is 42.8 Å². The summed E-state index contributed by atoms with van der Waals surface area (Å²) in [5, 5.41) is 7.04. The third-order valence-corrected chi connectivity index (χ3v) is 4.09. The highest BCUT2D eigenvalue weighted by Gasteiger charge is 2.10. The molecule has 1 rings (SSSR count). The Morgan fingerprint density at radius 3 is 2.89 bits per heavy atom. The Morgan fingerprint density at radius 1 is 1.42 bits per heavy atom. The van der Waals surface area contributed by atoms with E-state index in [2.05, 4.69) is 36.1 Å². The number of unbranched alkanes of at least 4 members (excludes halogenated alkanes) is 3. The smallest absolute Gasteiger partial charge is 0.0897 e. The molecule has 0 aliphatic rings. The van der Waals surface area contributed by atoms with Gasteiger partial charge >= 0.3 is 0 Å². The molecule has 0 aliphatic carbocycles. The van der Waals surface area contributed by atoms with Gasteiger partial charge in [0, 0.05) is 17.8 Å². The van der Waals surface area contributed by atoms with E-state index in [4.69, 9.17) is 0 Å². The van der Waals surface area contributed by atoms with Crippen molar-refractivity contribution in [2.75, 3.05) is 6.54 Å². The molecular weight excluding hydrogens is 252 g/mol. The van der Waals surface area contributed by atoms with Crippen molar-refractivity contribution in [3.8, 4) is 0 Å². The number of aromatic nitrogens is 1. The number of aryl methyl sites for hydroxylation is 1. The summed E-state index contributed by atoms with van der Waals surface area (Å²) in [6, 6.07) is 0.588. The number of nitrogens with zero attached hydrogens (tertiary/aromatic N) is 1. The van der Waals surface area contributed by atoms with E-state index in [1.807, 2.05) is 6.08 Å². The van der Waals surface area contributed by atoms with E-state index in [0.717, 1.165) is 19.4 Å². The lowest BCUT2D eigenvalue weighted by Crippen LogP contribution is -2.31. The first-order chi connectivity index (χ1) is 9.26. The quantitative estimate of drug-likeness (QED) is 0.477. The molecule has 3 heteroatoms. The predicted octanol–water partition coefficient (Wildman–Crippen LogP) is 4.50. The highest BCUT2D eigenvalue weighted by Crippen LogP contribution is 2.13. The SMILES string of the molecule is C=CCCCCCC(Cc1csc(C)n1)NCCC. The Balaban J connectivity index is 2.31. The zero-order chi connectivity index (χ0) is 13.9. The van der Waals surface area contributed by atoms with Crippen LogP contribution in [0.3, 0.4) is 0 Å². The molecule has 1 aromatic rings. The molecule has 108 valence electrons. The van der Waals surface area contributed by atoms with E-state index in [1.54, 1.807) is 11.3 Å². The molecule has 0 aromatic carbocycles. The fourth-order valence-electron chi connectivity index (χ4n) is 2.24. The van der Waals surface area contributed by atoms with Crippen LogP contribution in [0.1, 0.15) is 56.2 Å². The van der Waals surface area contributed by atoms with E-state index in [9.17, 15) is 0 Å². The molecule has 1 atom stereocenters. The lowest BCUT2D eigenvalue weighted by molar-refractivity contribution is 0.451. The van der Waals surface area contributed by atoms with Gasteiger partial charge in [-0.3, -0.25) is 0 Å². The molecule has 19 heavy (non-hydrogen) atoms. The van der Waals surface area contributed by atoms with Crippen molar-refractivity contribution in [1.29, 1.82) is 0 Å². The van der Waals surface area contributed by atoms with Crippen LogP contribution in [0.4, 0.5) is 0 Å². The fraction of sp³-hybridized carbons (Fsp3) is 0.688. The Hall–Kier alpha value is -0.670. The van der Waals surface area contributed by atoms with Gasteiger partial charge in [-0.1, -0.05) is 25.8 Å². The maximum absolute atomic E-state index is 4.58. The minimum atomic E-state index is 0.588. The molecule has 1 unspecified atom stereocenters. The van der Waals surface area contributed by atoms with Gasteiger partial charge in [-0.25, -0.2) is 4.98 Å². The van der Waals surface area contributed by atoms with Crippen LogP contribution in [0, 0.1) is 6.92 Å². The van der Waals surface area contributed by atoms with E-state index < -0.39 is 0 Å². The molecule has 0 amide bonds. The Labute approximate surface area is 122 Å². The van der Waals surface area contributed by atoms with Crippen LogP contribution < -0.4 is 5.32 Å². The molecule has 0 radical (unpaired) electrons. The predicted molar refractivity (Wildman–Crippen MR) is 85.9 cm³/mol. The molecule has 0 spiro atoms. The summed E-state index contributed by atoms with van der Waals surface area (Å²) < 4.78 is 0. The summed E-state index contributed by atoms with van der Waals surface area (Å²) in [7, 11) is 0. The minimum absolute atomic E-state index is 0.588. The van der Waals surface area contributed by atoms with Gasteiger partial charge in [-0.2, -0.15) is 0 Å². The maximum atomic E-state index is 4.58. The molecule has 1 aromatic heterocycles. The number of rotatable bonds is 11. The van der Waals surface area contributed by atoms with Crippen molar-refractivity contribution in [1.82, 2.24) is 10.3 Å². The summed E-state index contributed by atoms with van der Waals surface area (Å²) >= 11 is 1.76. The Bertz CT molecular complexity index is 346. The third kappa shape index (κ3) is 7.48. The third-order valence-electron chi connectivity index (χ3n) is 3.27. The average molecular weight is 280 g/mol. The van der Waals surface area contributed by atoms with E-state index >= 15 is 0 Å². The lowest BCUT2D eigenvalue weighted by Gasteiger charge is -2.17. The summed E-state index contributed by atoms with van der Waals surface area (Å²) in [4.78, 5) is 4.58. The summed E-state index contributed by atoms with van der Waals surface area (Å²) in [6.07, 6.45) is 10.6. The molecule has 0 fully saturated rings. The van der Waals surface area contributed by atoms with Crippen LogP contribution in [0.15, 0.2) is 18.0 Å². The van der Waals surface area contributed by atoms with Gasteiger partial charge in [-0.05, 0) is 39.2 Å². The second-order valence-electron chi connectivity index (χ2n) is 5.14. The van der Waals surface area contributed by atoms with Gasteiger partial charge in [-0.15, -0.1) is 17.9 Å². The number of thiazole rings is 1.